The summed E-state index contributed by atoms with van der Waals surface area (Å²) in [6, 6.07) is 6.14. The zero-order chi connectivity index (χ0) is 15.2. The van der Waals surface area contributed by atoms with E-state index < -0.39 is 0 Å². The van der Waals surface area contributed by atoms with Crippen LogP contribution in [0.2, 0.25) is 0 Å². The molecule has 0 aliphatic carbocycles. The van der Waals surface area contributed by atoms with E-state index in [1.165, 1.54) is 25.8 Å². The standard InChI is InChI=1S/C17H27N3O/c1-13-7-8-15(18)12-16(13)17(21)19-9-5-11-20-10-4-3-6-14(20)2/h7-8,12,14H,3-6,9-11,18H2,1-2H3,(H,19,21). The zero-order valence-electron chi connectivity index (χ0n) is 13.2. The topological polar surface area (TPSA) is 58.4 Å². The van der Waals surface area contributed by atoms with Gasteiger partial charge in [-0.1, -0.05) is 12.5 Å². The lowest BCUT2D eigenvalue weighted by molar-refractivity contribution is 0.0948. The highest BCUT2D eigenvalue weighted by atomic mass is 16.1. The molecule has 4 nitrogen and oxygen atoms in total. The molecule has 0 spiro atoms. The number of rotatable bonds is 5. The van der Waals surface area contributed by atoms with E-state index >= 15 is 0 Å². The Bertz CT molecular complexity index is 487. The Kier molecular flexibility index (Phi) is 5.62. The third-order valence-electron chi connectivity index (χ3n) is 4.35. The first-order chi connectivity index (χ1) is 10.1. The maximum Gasteiger partial charge on any atom is 0.251 e. The molecule has 2 rings (SSSR count). The fourth-order valence-electron chi connectivity index (χ4n) is 2.95. The van der Waals surface area contributed by atoms with Crippen LogP contribution in [0.25, 0.3) is 0 Å². The van der Waals surface area contributed by atoms with Crippen molar-refractivity contribution in [2.24, 2.45) is 0 Å². The number of hydrogen-bond donors (Lipinski definition) is 2. The number of aryl methyl sites for hydroxylation is 1. The van der Waals surface area contributed by atoms with Gasteiger partial charge in [-0.3, -0.25) is 4.79 Å². The monoisotopic (exact) mass is 289 g/mol. The first kappa shape index (κ1) is 15.8. The van der Waals surface area contributed by atoms with Gasteiger partial charge in [0.15, 0.2) is 0 Å². The van der Waals surface area contributed by atoms with Gasteiger partial charge in [-0.2, -0.15) is 0 Å². The molecule has 1 unspecified atom stereocenters. The summed E-state index contributed by atoms with van der Waals surface area (Å²) in [6.45, 7) is 7.22. The third-order valence-corrected chi connectivity index (χ3v) is 4.35. The van der Waals surface area contributed by atoms with Crippen LogP contribution in [-0.4, -0.2) is 36.5 Å². The molecule has 0 aromatic heterocycles. The Morgan fingerprint density at radius 3 is 3.00 bits per heavy atom. The number of likely N-dealkylation sites (tertiary alicyclic amines) is 1. The Balaban J connectivity index is 1.75. The lowest BCUT2D eigenvalue weighted by Crippen LogP contribution is -2.39. The first-order valence-electron chi connectivity index (χ1n) is 7.96. The third kappa shape index (κ3) is 4.46. The van der Waals surface area contributed by atoms with Crippen LogP contribution in [-0.2, 0) is 0 Å². The predicted molar refractivity (Wildman–Crippen MR) is 87.4 cm³/mol. The van der Waals surface area contributed by atoms with Crippen molar-refractivity contribution in [1.82, 2.24) is 10.2 Å². The van der Waals surface area contributed by atoms with Gasteiger partial charge in [0.2, 0.25) is 0 Å². The molecule has 1 aliphatic heterocycles. The highest BCUT2D eigenvalue weighted by Crippen LogP contribution is 2.16. The van der Waals surface area contributed by atoms with Gasteiger partial charge in [0.05, 0.1) is 0 Å². The molecule has 1 aromatic carbocycles. The maximum atomic E-state index is 12.2. The Hall–Kier alpha value is -1.55. The SMILES string of the molecule is Cc1ccc(N)cc1C(=O)NCCCN1CCCCC1C. The van der Waals surface area contributed by atoms with Crippen LogP contribution < -0.4 is 11.1 Å². The number of piperidine rings is 1. The molecular formula is C17H27N3O. The molecule has 0 radical (unpaired) electrons. The molecule has 1 atom stereocenters. The molecule has 1 heterocycles. The van der Waals surface area contributed by atoms with Gasteiger partial charge in [-0.15, -0.1) is 0 Å². The Morgan fingerprint density at radius 2 is 2.24 bits per heavy atom. The van der Waals surface area contributed by atoms with Gasteiger partial charge < -0.3 is 16.0 Å². The van der Waals surface area contributed by atoms with Crippen molar-refractivity contribution in [2.75, 3.05) is 25.4 Å². The van der Waals surface area contributed by atoms with Gasteiger partial charge in [0.25, 0.3) is 5.91 Å². The van der Waals surface area contributed by atoms with Gasteiger partial charge >= 0.3 is 0 Å². The van der Waals surface area contributed by atoms with Gasteiger partial charge in [-0.05, 0) is 57.4 Å². The molecule has 3 N–H and O–H groups in total. The quantitative estimate of drug-likeness (QED) is 0.647. The van der Waals surface area contributed by atoms with Crippen LogP contribution in [0.5, 0.6) is 0 Å². The number of nitrogen functional groups attached to an aromatic ring is 1. The molecule has 1 amide bonds. The van der Waals surface area contributed by atoms with E-state index in [0.717, 1.165) is 25.1 Å². The summed E-state index contributed by atoms with van der Waals surface area (Å²) in [6.07, 6.45) is 4.95. The molecule has 0 saturated carbocycles. The van der Waals surface area contributed by atoms with E-state index in [4.69, 9.17) is 5.73 Å². The highest BCUT2D eigenvalue weighted by Gasteiger charge is 2.17. The molecular weight excluding hydrogens is 262 g/mol. The number of hydrogen-bond acceptors (Lipinski definition) is 3. The van der Waals surface area contributed by atoms with E-state index in [9.17, 15) is 4.79 Å². The summed E-state index contributed by atoms with van der Waals surface area (Å²) in [5.41, 5.74) is 8.02. The van der Waals surface area contributed by atoms with Gasteiger partial charge in [0.1, 0.15) is 0 Å². The number of nitrogens with two attached hydrogens (primary N) is 1. The number of amides is 1. The Labute approximate surface area is 127 Å². The smallest absolute Gasteiger partial charge is 0.251 e. The van der Waals surface area contributed by atoms with Crippen LogP contribution >= 0.6 is 0 Å². The molecule has 1 aliphatic rings. The predicted octanol–water partition coefficient (Wildman–Crippen LogP) is 2.57. The molecule has 116 valence electrons. The van der Waals surface area contributed by atoms with Crippen LogP contribution in [0.15, 0.2) is 18.2 Å². The number of carbonyl (C=O) groups excluding carboxylic acids is 1. The van der Waals surface area contributed by atoms with E-state index in [-0.39, 0.29) is 5.91 Å². The van der Waals surface area contributed by atoms with Crippen LogP contribution in [0.1, 0.15) is 48.5 Å². The second-order valence-corrected chi connectivity index (χ2v) is 6.06. The second-order valence-electron chi connectivity index (χ2n) is 6.06. The normalized spacial score (nSPS) is 19.4. The van der Waals surface area contributed by atoms with Crippen LogP contribution in [0.3, 0.4) is 0 Å². The number of nitrogens with zero attached hydrogens (tertiary/aromatic N) is 1. The average molecular weight is 289 g/mol. The fourth-order valence-corrected chi connectivity index (χ4v) is 2.95. The number of nitrogens with one attached hydrogen (secondary N) is 1. The van der Waals surface area contributed by atoms with Crippen molar-refractivity contribution >= 4 is 11.6 Å². The summed E-state index contributed by atoms with van der Waals surface area (Å²) < 4.78 is 0. The minimum atomic E-state index is -0.0218. The van der Waals surface area contributed by atoms with Crippen molar-refractivity contribution in [3.8, 4) is 0 Å². The highest BCUT2D eigenvalue weighted by molar-refractivity contribution is 5.96. The van der Waals surface area contributed by atoms with Crippen molar-refractivity contribution < 1.29 is 4.79 Å². The first-order valence-corrected chi connectivity index (χ1v) is 7.96. The minimum Gasteiger partial charge on any atom is -0.399 e. The maximum absolute atomic E-state index is 12.2. The van der Waals surface area contributed by atoms with Gasteiger partial charge in [-0.25, -0.2) is 0 Å². The summed E-state index contributed by atoms with van der Waals surface area (Å²) in [7, 11) is 0. The summed E-state index contributed by atoms with van der Waals surface area (Å²) in [4.78, 5) is 14.7. The average Bonchev–Trinajstić information content (AvgIpc) is 2.47. The Morgan fingerprint density at radius 1 is 1.43 bits per heavy atom. The van der Waals surface area contributed by atoms with Crippen molar-refractivity contribution in [3.63, 3.8) is 0 Å². The largest absolute Gasteiger partial charge is 0.399 e. The number of carbonyl (C=O) groups is 1. The summed E-state index contributed by atoms with van der Waals surface area (Å²) in [5, 5.41) is 3.00. The molecule has 1 aromatic rings. The van der Waals surface area contributed by atoms with Crippen molar-refractivity contribution in [1.29, 1.82) is 0 Å². The van der Waals surface area contributed by atoms with E-state index in [0.29, 0.717) is 17.3 Å². The summed E-state index contributed by atoms with van der Waals surface area (Å²) in [5.74, 6) is -0.0218. The lowest BCUT2D eigenvalue weighted by Gasteiger charge is -2.33. The van der Waals surface area contributed by atoms with E-state index in [2.05, 4.69) is 17.1 Å². The van der Waals surface area contributed by atoms with Crippen LogP contribution in [0.4, 0.5) is 5.69 Å². The second kappa shape index (κ2) is 7.46. The molecule has 1 saturated heterocycles. The lowest BCUT2D eigenvalue weighted by atomic mass is 10.0. The van der Waals surface area contributed by atoms with Crippen LogP contribution in [0, 0.1) is 6.92 Å². The zero-order valence-corrected chi connectivity index (χ0v) is 13.2. The molecule has 21 heavy (non-hydrogen) atoms. The number of benzene rings is 1. The minimum absolute atomic E-state index is 0.0218. The van der Waals surface area contributed by atoms with Crippen molar-refractivity contribution in [3.05, 3.63) is 29.3 Å². The van der Waals surface area contributed by atoms with Gasteiger partial charge in [0, 0.05) is 30.4 Å². The van der Waals surface area contributed by atoms with Crippen molar-refractivity contribution in [2.45, 2.75) is 45.6 Å². The summed E-state index contributed by atoms with van der Waals surface area (Å²) >= 11 is 0. The number of anilines is 1. The fraction of sp³-hybridized carbons (Fsp3) is 0.588. The molecule has 1 fully saturated rings. The molecule has 4 heteroatoms. The van der Waals surface area contributed by atoms with E-state index in [1.807, 2.05) is 19.1 Å². The van der Waals surface area contributed by atoms with E-state index in [1.54, 1.807) is 6.07 Å². The molecule has 0 bridgehead atoms.